The number of imidazole rings is 1. The van der Waals surface area contributed by atoms with Crippen molar-refractivity contribution >= 4 is 27.0 Å². The molecule has 0 saturated carbocycles. The van der Waals surface area contributed by atoms with E-state index in [1.807, 2.05) is 6.07 Å². The number of carbonyl (C=O) groups excluding carboxylic acids is 1. The highest BCUT2D eigenvalue weighted by Gasteiger charge is 2.37. The second-order valence-corrected chi connectivity index (χ2v) is 14.4. The van der Waals surface area contributed by atoms with E-state index in [-0.39, 0.29) is 33.3 Å². The van der Waals surface area contributed by atoms with Crippen molar-refractivity contribution in [1.82, 2.24) is 23.2 Å². The first-order chi connectivity index (χ1) is 22.6. The van der Waals surface area contributed by atoms with Gasteiger partial charge in [-0.15, -0.1) is 0 Å². The van der Waals surface area contributed by atoms with E-state index in [0.717, 1.165) is 42.9 Å². The van der Waals surface area contributed by atoms with E-state index < -0.39 is 21.8 Å². The third-order valence-corrected chi connectivity index (χ3v) is 11.3. The van der Waals surface area contributed by atoms with Gasteiger partial charge in [-0.25, -0.2) is 13.2 Å². The smallest absolute Gasteiger partial charge is 0.344 e. The number of nitriles is 1. The molecular formula is C35H40N6O5S. The minimum Gasteiger partial charge on any atom is -0.497 e. The third-order valence-electron chi connectivity index (χ3n) is 9.62. The zero-order chi connectivity index (χ0) is 33.3. The molecule has 2 aliphatic rings. The van der Waals surface area contributed by atoms with Gasteiger partial charge in [-0.1, -0.05) is 30.3 Å². The van der Waals surface area contributed by atoms with Gasteiger partial charge in [-0.05, 0) is 100 Å². The molecule has 0 bridgehead atoms. The van der Waals surface area contributed by atoms with Crippen LogP contribution in [0.4, 0.5) is 0 Å². The van der Waals surface area contributed by atoms with Gasteiger partial charge in [-0.3, -0.25) is 9.36 Å². The van der Waals surface area contributed by atoms with Crippen LogP contribution in [0.2, 0.25) is 0 Å². The number of methoxy groups -OCH3 is 1. The Kier molecular flexibility index (Phi) is 9.23. The van der Waals surface area contributed by atoms with Gasteiger partial charge in [0.25, 0.3) is 10.0 Å². The molecule has 3 aromatic carbocycles. The van der Waals surface area contributed by atoms with E-state index in [4.69, 9.17) is 4.74 Å². The molecule has 1 unspecified atom stereocenters. The minimum atomic E-state index is -4.41. The molecule has 2 atom stereocenters. The highest BCUT2D eigenvalue weighted by atomic mass is 32.2. The fourth-order valence-corrected chi connectivity index (χ4v) is 8.38. The molecule has 2 aliphatic heterocycles. The van der Waals surface area contributed by atoms with Crippen LogP contribution in [0.15, 0.2) is 82.5 Å². The molecule has 246 valence electrons. The van der Waals surface area contributed by atoms with Crippen LogP contribution in [0.3, 0.4) is 0 Å². The number of nitrogens with zero attached hydrogens (tertiary/aromatic N) is 6. The predicted molar refractivity (Wildman–Crippen MR) is 179 cm³/mol. The maximum absolute atomic E-state index is 14.6. The van der Waals surface area contributed by atoms with E-state index in [2.05, 4.69) is 30.0 Å². The SMILES string of the molecule is COc1ccc(S(=O)(=O)n2c(=O)n(C(C(=O)N3CC[C@@H](CN(C)C4CCN(C)CC4)C3)c3ccccc3)c3cc(C#N)ccc32)cc1. The average Bonchev–Trinajstić information content (AvgIpc) is 3.67. The Morgan fingerprint density at radius 1 is 1.00 bits per heavy atom. The summed E-state index contributed by atoms with van der Waals surface area (Å²) in [6.45, 7) is 4.11. The molecular weight excluding hydrogens is 616 g/mol. The highest BCUT2D eigenvalue weighted by molar-refractivity contribution is 7.90. The summed E-state index contributed by atoms with van der Waals surface area (Å²) in [6, 6.07) is 20.6. The summed E-state index contributed by atoms with van der Waals surface area (Å²) in [4.78, 5) is 35.5. The number of amides is 1. The normalized spacial score (nSPS) is 18.4. The number of carbonyl (C=O) groups is 1. The number of piperidine rings is 1. The van der Waals surface area contributed by atoms with Crippen LogP contribution in [-0.2, 0) is 14.8 Å². The molecule has 2 fully saturated rings. The first-order valence-electron chi connectivity index (χ1n) is 15.9. The van der Waals surface area contributed by atoms with E-state index in [9.17, 15) is 23.3 Å². The maximum atomic E-state index is 14.6. The molecule has 0 radical (unpaired) electrons. The van der Waals surface area contributed by atoms with Crippen molar-refractivity contribution in [2.45, 2.75) is 36.2 Å². The summed E-state index contributed by atoms with van der Waals surface area (Å²) in [5.41, 5.74) is 0.173. The van der Waals surface area contributed by atoms with Crippen LogP contribution < -0.4 is 10.4 Å². The van der Waals surface area contributed by atoms with Gasteiger partial charge in [0.2, 0.25) is 5.91 Å². The van der Waals surface area contributed by atoms with E-state index >= 15 is 0 Å². The zero-order valence-electron chi connectivity index (χ0n) is 26.9. The lowest BCUT2D eigenvalue weighted by Crippen LogP contribution is -2.44. The molecule has 0 N–H and O–H groups in total. The van der Waals surface area contributed by atoms with E-state index in [0.29, 0.717) is 30.4 Å². The van der Waals surface area contributed by atoms with E-state index in [1.54, 1.807) is 29.2 Å². The fourth-order valence-electron chi connectivity index (χ4n) is 6.98. The second-order valence-electron chi connectivity index (χ2n) is 12.6. The maximum Gasteiger partial charge on any atom is 0.344 e. The number of aromatic nitrogens is 2. The predicted octanol–water partition coefficient (Wildman–Crippen LogP) is 3.38. The lowest BCUT2D eigenvalue weighted by Gasteiger charge is -2.36. The average molecular weight is 657 g/mol. The molecule has 6 rings (SSSR count). The number of benzene rings is 3. The van der Waals surface area contributed by atoms with Crippen molar-refractivity contribution in [1.29, 1.82) is 5.26 Å². The first-order valence-corrected chi connectivity index (χ1v) is 17.4. The Balaban J connectivity index is 1.40. The summed E-state index contributed by atoms with van der Waals surface area (Å²) < 4.78 is 35.3. The summed E-state index contributed by atoms with van der Waals surface area (Å²) >= 11 is 0. The van der Waals surface area contributed by atoms with Gasteiger partial charge in [-0.2, -0.15) is 9.23 Å². The van der Waals surface area contributed by atoms with Crippen molar-refractivity contribution < 1.29 is 17.9 Å². The largest absolute Gasteiger partial charge is 0.497 e. The quantitative estimate of drug-likeness (QED) is 0.269. The van der Waals surface area contributed by atoms with Gasteiger partial charge in [0, 0.05) is 25.7 Å². The Morgan fingerprint density at radius 3 is 2.36 bits per heavy atom. The van der Waals surface area contributed by atoms with Crippen molar-refractivity contribution in [2.75, 3.05) is 53.9 Å². The van der Waals surface area contributed by atoms with Crippen LogP contribution in [-0.4, -0.2) is 97.5 Å². The van der Waals surface area contributed by atoms with Gasteiger partial charge in [0.15, 0.2) is 0 Å². The second kappa shape index (κ2) is 13.4. The zero-order valence-corrected chi connectivity index (χ0v) is 27.8. The van der Waals surface area contributed by atoms with Gasteiger partial charge in [0.05, 0.1) is 34.7 Å². The number of rotatable bonds is 9. The van der Waals surface area contributed by atoms with Gasteiger partial charge in [0.1, 0.15) is 11.8 Å². The lowest BCUT2D eigenvalue weighted by atomic mass is 10.0. The summed E-state index contributed by atoms with van der Waals surface area (Å²) in [5, 5.41) is 9.74. The molecule has 1 aromatic heterocycles. The van der Waals surface area contributed by atoms with E-state index in [1.165, 1.54) is 54.1 Å². The van der Waals surface area contributed by atoms with Crippen LogP contribution in [0.25, 0.3) is 11.0 Å². The van der Waals surface area contributed by atoms with Crippen molar-refractivity contribution in [3.05, 3.63) is 94.4 Å². The highest BCUT2D eigenvalue weighted by Crippen LogP contribution is 2.30. The van der Waals surface area contributed by atoms with Crippen molar-refractivity contribution in [3.63, 3.8) is 0 Å². The standard InChI is InChI=1S/C35H40N6O5S/c1-37-18-16-28(17-19-37)38(2)23-26-15-20-39(24-26)34(42)33(27-7-5-4-6-8-27)40-32-21-25(22-36)9-14-31(32)41(35(40)43)47(44,45)30-12-10-29(46-3)11-13-30/h4-14,21,26,28,33H,15-20,23-24H2,1-3H3/t26-,33?/m0/s1. The molecule has 47 heavy (non-hydrogen) atoms. The Bertz CT molecular complexity index is 1960. The fraction of sp³-hybridized carbons (Fsp3) is 0.400. The molecule has 0 spiro atoms. The monoisotopic (exact) mass is 656 g/mol. The number of ether oxygens (including phenoxy) is 1. The van der Waals surface area contributed by atoms with Crippen molar-refractivity contribution in [2.24, 2.45) is 5.92 Å². The van der Waals surface area contributed by atoms with Crippen molar-refractivity contribution in [3.8, 4) is 11.8 Å². The van der Waals surface area contributed by atoms with Crippen LogP contribution >= 0.6 is 0 Å². The molecule has 0 aliphatic carbocycles. The van der Waals surface area contributed by atoms with Gasteiger partial charge < -0.3 is 19.4 Å². The van der Waals surface area contributed by atoms with Gasteiger partial charge >= 0.3 is 5.69 Å². The summed E-state index contributed by atoms with van der Waals surface area (Å²) in [5.74, 6) is 0.457. The first kappa shape index (κ1) is 32.5. The molecule has 3 heterocycles. The molecule has 11 nitrogen and oxygen atoms in total. The third kappa shape index (κ3) is 6.31. The number of fused-ring (bicyclic) bond motifs is 1. The Morgan fingerprint density at radius 2 is 1.70 bits per heavy atom. The number of hydrogen-bond acceptors (Lipinski definition) is 8. The lowest BCUT2D eigenvalue weighted by molar-refractivity contribution is -0.132. The summed E-state index contributed by atoms with van der Waals surface area (Å²) in [6.07, 6.45) is 3.08. The Hall–Kier alpha value is -4.44. The number of likely N-dealkylation sites (tertiary alicyclic amines) is 2. The molecule has 2 saturated heterocycles. The van der Waals surface area contributed by atoms with Crippen LogP contribution in [0.1, 0.15) is 36.4 Å². The topological polar surface area (TPSA) is 121 Å². The van der Waals surface area contributed by atoms with Crippen LogP contribution in [0.5, 0.6) is 5.75 Å². The minimum absolute atomic E-state index is 0.0811. The Labute approximate surface area is 275 Å². The molecule has 12 heteroatoms. The molecule has 4 aromatic rings. The number of hydrogen-bond donors (Lipinski definition) is 0. The van der Waals surface area contributed by atoms with Crippen LogP contribution in [0, 0.1) is 17.2 Å². The molecule has 1 amide bonds. The summed E-state index contributed by atoms with van der Waals surface area (Å²) in [7, 11) is 1.39.